The highest BCUT2D eigenvalue weighted by atomic mass is 35.5. The molecule has 7 heteroatoms. The van der Waals surface area contributed by atoms with E-state index in [4.69, 9.17) is 32.7 Å². The fourth-order valence-corrected chi connectivity index (χ4v) is 3.64. The third kappa shape index (κ3) is 6.25. The maximum atomic E-state index is 11.9. The van der Waals surface area contributed by atoms with Crippen LogP contribution in [-0.2, 0) is 11.4 Å². The molecule has 0 spiro atoms. The number of hydrogen-bond acceptors (Lipinski definition) is 4. The van der Waals surface area contributed by atoms with Crippen LogP contribution >= 0.6 is 23.2 Å². The number of hydrogen-bond donors (Lipinski definition) is 1. The van der Waals surface area contributed by atoms with Gasteiger partial charge in [0.05, 0.1) is 11.2 Å². The topological polar surface area (TPSA) is 59.9 Å². The molecule has 0 aliphatic rings. The molecule has 0 fully saturated rings. The maximum absolute atomic E-state index is 11.9. The van der Waals surface area contributed by atoms with E-state index >= 15 is 0 Å². The van der Waals surface area contributed by atoms with E-state index in [1.54, 1.807) is 24.4 Å². The van der Waals surface area contributed by atoms with Crippen molar-refractivity contribution in [3.8, 4) is 11.5 Å². The minimum atomic E-state index is -0.410. The van der Waals surface area contributed by atoms with Crippen LogP contribution in [0.5, 0.6) is 11.5 Å². The van der Waals surface area contributed by atoms with Gasteiger partial charge in [0.1, 0.15) is 18.1 Å². The molecule has 5 nitrogen and oxygen atoms in total. The van der Waals surface area contributed by atoms with Gasteiger partial charge < -0.3 is 9.47 Å². The van der Waals surface area contributed by atoms with Crippen molar-refractivity contribution in [2.75, 3.05) is 6.61 Å². The van der Waals surface area contributed by atoms with Crippen molar-refractivity contribution >= 4 is 46.1 Å². The predicted molar refractivity (Wildman–Crippen MR) is 132 cm³/mol. The lowest BCUT2D eigenvalue weighted by Crippen LogP contribution is -2.24. The number of amides is 1. The zero-order valence-corrected chi connectivity index (χ0v) is 19.0. The maximum Gasteiger partial charge on any atom is 0.277 e. The number of carbonyl (C=O) groups is 1. The second kappa shape index (κ2) is 10.9. The van der Waals surface area contributed by atoms with Gasteiger partial charge in [-0.25, -0.2) is 5.43 Å². The van der Waals surface area contributed by atoms with Crippen LogP contribution in [0.1, 0.15) is 11.1 Å². The Morgan fingerprint density at radius 1 is 0.909 bits per heavy atom. The molecular weight excluding hydrogens is 459 g/mol. The van der Waals surface area contributed by atoms with Crippen molar-refractivity contribution in [3.05, 3.63) is 106 Å². The van der Waals surface area contributed by atoms with Crippen LogP contribution in [0.4, 0.5) is 0 Å². The van der Waals surface area contributed by atoms with E-state index in [0.717, 1.165) is 16.9 Å². The summed E-state index contributed by atoms with van der Waals surface area (Å²) in [4.78, 5) is 11.9. The summed E-state index contributed by atoms with van der Waals surface area (Å²) in [5.74, 6) is 0.712. The zero-order valence-electron chi connectivity index (χ0n) is 17.5. The highest BCUT2D eigenvalue weighted by Gasteiger charge is 2.06. The number of ether oxygens (including phenoxy) is 2. The van der Waals surface area contributed by atoms with E-state index in [1.807, 2.05) is 42.5 Å². The Morgan fingerprint density at radius 2 is 1.70 bits per heavy atom. The molecule has 0 aromatic heterocycles. The molecule has 1 amide bonds. The lowest BCUT2D eigenvalue weighted by Gasteiger charge is -2.09. The molecule has 0 radical (unpaired) electrons. The highest BCUT2D eigenvalue weighted by Crippen LogP contribution is 2.27. The molecule has 0 saturated heterocycles. The van der Waals surface area contributed by atoms with Crippen LogP contribution in [0.15, 0.2) is 90.0 Å². The first-order chi connectivity index (χ1) is 16.1. The minimum Gasteiger partial charge on any atom is -0.489 e. The molecule has 0 bridgehead atoms. The Balaban J connectivity index is 1.26. The van der Waals surface area contributed by atoms with Crippen LogP contribution in [-0.4, -0.2) is 18.7 Å². The molecule has 0 saturated carbocycles. The van der Waals surface area contributed by atoms with Crippen LogP contribution in [0.3, 0.4) is 0 Å². The van der Waals surface area contributed by atoms with Crippen molar-refractivity contribution in [2.24, 2.45) is 5.10 Å². The number of halogens is 2. The van der Waals surface area contributed by atoms with Crippen LogP contribution < -0.4 is 14.9 Å². The summed E-state index contributed by atoms with van der Waals surface area (Å²) in [7, 11) is 0. The first-order valence-electron chi connectivity index (χ1n) is 10.2. The quantitative estimate of drug-likeness (QED) is 0.240. The Labute approximate surface area is 201 Å². The molecule has 0 heterocycles. The molecule has 1 N–H and O–H groups in total. The van der Waals surface area contributed by atoms with E-state index in [-0.39, 0.29) is 6.61 Å². The summed E-state index contributed by atoms with van der Waals surface area (Å²) in [5.41, 5.74) is 4.36. The number of benzene rings is 4. The molecular formula is C26H20Cl2N2O3. The molecule has 0 unspecified atom stereocenters. The normalized spacial score (nSPS) is 11.0. The van der Waals surface area contributed by atoms with E-state index in [9.17, 15) is 4.79 Å². The lowest BCUT2D eigenvalue weighted by atomic mass is 10.1. The highest BCUT2D eigenvalue weighted by molar-refractivity contribution is 6.35. The van der Waals surface area contributed by atoms with Gasteiger partial charge in [0.25, 0.3) is 5.91 Å². The largest absolute Gasteiger partial charge is 0.489 e. The second-order valence-electron chi connectivity index (χ2n) is 7.15. The first-order valence-corrected chi connectivity index (χ1v) is 10.9. The SMILES string of the molecule is O=C(COc1ccc(Cl)cc1Cl)N/N=C/c1ccc(OCc2cccc3ccccc23)cc1. The summed E-state index contributed by atoms with van der Waals surface area (Å²) in [5, 5.41) is 7.15. The number of nitrogens with one attached hydrogen (secondary N) is 1. The van der Waals surface area contributed by atoms with Crippen LogP contribution in [0.25, 0.3) is 10.8 Å². The Bertz CT molecular complexity index is 1290. The third-order valence-electron chi connectivity index (χ3n) is 4.81. The lowest BCUT2D eigenvalue weighted by molar-refractivity contribution is -0.123. The Hall–Kier alpha value is -3.54. The van der Waals surface area contributed by atoms with Crippen molar-refractivity contribution in [3.63, 3.8) is 0 Å². The second-order valence-corrected chi connectivity index (χ2v) is 8.00. The van der Waals surface area contributed by atoms with Crippen molar-refractivity contribution in [1.82, 2.24) is 5.43 Å². The van der Waals surface area contributed by atoms with Gasteiger partial charge in [-0.15, -0.1) is 0 Å². The zero-order chi connectivity index (χ0) is 23.0. The predicted octanol–water partition coefficient (Wildman–Crippen LogP) is 6.25. The van der Waals surface area contributed by atoms with Crippen molar-refractivity contribution < 1.29 is 14.3 Å². The Morgan fingerprint density at radius 3 is 2.52 bits per heavy atom. The number of fused-ring (bicyclic) bond motifs is 1. The van der Waals surface area contributed by atoms with E-state index < -0.39 is 5.91 Å². The first kappa shape index (κ1) is 22.6. The van der Waals surface area contributed by atoms with Crippen LogP contribution in [0, 0.1) is 0 Å². The van der Waals surface area contributed by atoms with E-state index in [1.165, 1.54) is 10.8 Å². The monoisotopic (exact) mass is 478 g/mol. The van der Waals surface area contributed by atoms with Crippen LogP contribution in [0.2, 0.25) is 10.0 Å². The van der Waals surface area contributed by atoms with Gasteiger partial charge in [-0.05, 0) is 64.4 Å². The molecule has 4 rings (SSSR count). The van der Waals surface area contributed by atoms with Gasteiger partial charge in [-0.2, -0.15) is 5.10 Å². The van der Waals surface area contributed by atoms with Gasteiger partial charge in [0.2, 0.25) is 0 Å². The summed E-state index contributed by atoms with van der Waals surface area (Å²) in [6.45, 7) is 0.252. The summed E-state index contributed by atoms with van der Waals surface area (Å²) < 4.78 is 11.3. The summed E-state index contributed by atoms with van der Waals surface area (Å²) in [6.07, 6.45) is 1.54. The van der Waals surface area contributed by atoms with Gasteiger partial charge in [-0.1, -0.05) is 65.7 Å². The summed E-state index contributed by atoms with van der Waals surface area (Å²) in [6, 6.07) is 26.6. The number of nitrogens with zero attached hydrogens (tertiary/aromatic N) is 1. The van der Waals surface area contributed by atoms with Crippen molar-refractivity contribution in [2.45, 2.75) is 6.61 Å². The van der Waals surface area contributed by atoms with Gasteiger partial charge in [0, 0.05) is 5.02 Å². The molecule has 4 aromatic rings. The van der Waals surface area contributed by atoms with Gasteiger partial charge in [0.15, 0.2) is 6.61 Å². The summed E-state index contributed by atoms with van der Waals surface area (Å²) >= 11 is 11.8. The molecule has 33 heavy (non-hydrogen) atoms. The smallest absolute Gasteiger partial charge is 0.277 e. The standard InChI is InChI=1S/C26H20Cl2N2O3/c27-21-10-13-25(24(28)14-21)33-17-26(31)30-29-15-18-8-11-22(12-9-18)32-16-20-6-3-5-19-4-1-2-7-23(19)20/h1-15H,16-17H2,(H,30,31)/b29-15+. The third-order valence-corrected chi connectivity index (χ3v) is 5.34. The van der Waals surface area contributed by atoms with Gasteiger partial charge in [-0.3, -0.25) is 4.79 Å². The molecule has 4 aromatic carbocycles. The van der Waals surface area contributed by atoms with Crippen molar-refractivity contribution in [1.29, 1.82) is 0 Å². The van der Waals surface area contributed by atoms with E-state index in [0.29, 0.717) is 22.4 Å². The number of carbonyl (C=O) groups excluding carboxylic acids is 1. The molecule has 166 valence electrons. The number of hydrazone groups is 1. The van der Waals surface area contributed by atoms with E-state index in [2.05, 4.69) is 34.8 Å². The average molecular weight is 479 g/mol. The number of rotatable bonds is 8. The van der Waals surface area contributed by atoms with Gasteiger partial charge >= 0.3 is 0 Å². The average Bonchev–Trinajstić information content (AvgIpc) is 2.83. The fraction of sp³-hybridized carbons (Fsp3) is 0.0769. The minimum absolute atomic E-state index is 0.223. The fourth-order valence-electron chi connectivity index (χ4n) is 3.18. The molecule has 0 aliphatic heterocycles. The Kier molecular flexibility index (Phi) is 7.45. The molecule has 0 atom stereocenters. The molecule has 0 aliphatic carbocycles.